The maximum atomic E-state index is 13.2. The van der Waals surface area contributed by atoms with Crippen molar-refractivity contribution < 1.29 is 18.7 Å². The van der Waals surface area contributed by atoms with Crippen LogP contribution in [0.1, 0.15) is 48.3 Å². The lowest BCUT2D eigenvalue weighted by Gasteiger charge is -2.18. The zero-order valence-electron chi connectivity index (χ0n) is 15.8. The number of ether oxygens (including phenoxy) is 1. The first-order valence-electron chi connectivity index (χ1n) is 8.85. The molecule has 0 aliphatic carbocycles. The van der Waals surface area contributed by atoms with Gasteiger partial charge in [0.2, 0.25) is 0 Å². The normalized spacial score (nSPS) is 12.2. The highest BCUT2D eigenvalue weighted by molar-refractivity contribution is 5.97. The van der Waals surface area contributed by atoms with Crippen LogP contribution in [0.2, 0.25) is 0 Å². The summed E-state index contributed by atoms with van der Waals surface area (Å²) in [4.78, 5) is 28.8. The van der Waals surface area contributed by atoms with Gasteiger partial charge in [0.1, 0.15) is 5.82 Å². The number of carbonyl (C=O) groups excluding carboxylic acids is 2. The van der Waals surface area contributed by atoms with Crippen molar-refractivity contribution in [2.75, 3.05) is 7.11 Å². The van der Waals surface area contributed by atoms with Crippen molar-refractivity contribution in [3.63, 3.8) is 0 Å². The predicted molar refractivity (Wildman–Crippen MR) is 101 cm³/mol. The van der Waals surface area contributed by atoms with Crippen molar-refractivity contribution in [1.29, 1.82) is 0 Å². The first-order chi connectivity index (χ1) is 13.4. The second kappa shape index (κ2) is 8.16. The number of rotatable bonds is 6. The summed E-state index contributed by atoms with van der Waals surface area (Å²) in [6, 6.07) is 6.79. The smallest absolute Gasteiger partial charge is 0.307 e. The number of fused-ring (bicyclic) bond motifs is 1. The number of amides is 1. The van der Waals surface area contributed by atoms with E-state index in [9.17, 15) is 14.0 Å². The summed E-state index contributed by atoms with van der Waals surface area (Å²) < 4.78 is 19.7. The number of hydrogen-bond donors (Lipinski definition) is 1. The topological polar surface area (TPSA) is 86.1 Å². The molecule has 0 spiro atoms. The lowest BCUT2D eigenvalue weighted by molar-refractivity contribution is -0.141. The SMILES string of the molecule is COC(=O)C[C@H](NC(=O)c1cnc2c(cnn2C(C)C)c1)c1ccc(F)cc1. The van der Waals surface area contributed by atoms with E-state index in [4.69, 9.17) is 4.74 Å². The maximum Gasteiger partial charge on any atom is 0.307 e. The van der Waals surface area contributed by atoms with Crippen molar-refractivity contribution in [2.45, 2.75) is 32.4 Å². The molecule has 0 fully saturated rings. The molecule has 0 saturated heterocycles. The van der Waals surface area contributed by atoms with Gasteiger partial charge in [-0.2, -0.15) is 5.10 Å². The highest BCUT2D eigenvalue weighted by atomic mass is 19.1. The van der Waals surface area contributed by atoms with Crippen LogP contribution in [-0.2, 0) is 9.53 Å². The highest BCUT2D eigenvalue weighted by Crippen LogP contribution is 2.20. The second-order valence-electron chi connectivity index (χ2n) is 6.68. The molecule has 146 valence electrons. The van der Waals surface area contributed by atoms with E-state index < -0.39 is 23.7 Å². The maximum absolute atomic E-state index is 13.2. The van der Waals surface area contributed by atoms with E-state index in [0.29, 0.717) is 16.8 Å². The molecule has 3 aromatic rings. The van der Waals surface area contributed by atoms with Gasteiger partial charge in [0, 0.05) is 17.6 Å². The van der Waals surface area contributed by atoms with Crippen LogP contribution in [0.15, 0.2) is 42.7 Å². The van der Waals surface area contributed by atoms with E-state index in [1.165, 1.54) is 37.6 Å². The molecule has 0 radical (unpaired) electrons. The van der Waals surface area contributed by atoms with Gasteiger partial charge in [-0.05, 0) is 37.6 Å². The molecule has 2 heterocycles. The summed E-state index contributed by atoms with van der Waals surface area (Å²) in [7, 11) is 1.27. The van der Waals surface area contributed by atoms with Gasteiger partial charge >= 0.3 is 5.97 Å². The van der Waals surface area contributed by atoms with Crippen molar-refractivity contribution in [3.05, 3.63) is 59.7 Å². The largest absolute Gasteiger partial charge is 0.469 e. The average molecular weight is 384 g/mol. The summed E-state index contributed by atoms with van der Waals surface area (Å²) in [5, 5.41) is 7.83. The molecular formula is C20H21FN4O3. The molecule has 8 heteroatoms. The van der Waals surface area contributed by atoms with Crippen LogP contribution in [0.4, 0.5) is 4.39 Å². The first kappa shape index (κ1) is 19.5. The van der Waals surface area contributed by atoms with Crippen LogP contribution in [-0.4, -0.2) is 33.8 Å². The third kappa shape index (κ3) is 4.16. The van der Waals surface area contributed by atoms with Gasteiger partial charge in [-0.15, -0.1) is 0 Å². The Kier molecular flexibility index (Phi) is 5.67. The lowest BCUT2D eigenvalue weighted by atomic mass is 10.0. The molecule has 0 aliphatic heterocycles. The van der Waals surface area contributed by atoms with Crippen molar-refractivity contribution in [3.8, 4) is 0 Å². The Morgan fingerprint density at radius 3 is 2.57 bits per heavy atom. The summed E-state index contributed by atoms with van der Waals surface area (Å²) in [6.45, 7) is 3.99. The average Bonchev–Trinajstić information content (AvgIpc) is 3.11. The Bertz CT molecular complexity index is 998. The number of nitrogens with one attached hydrogen (secondary N) is 1. The minimum absolute atomic E-state index is 0.0746. The van der Waals surface area contributed by atoms with E-state index in [-0.39, 0.29) is 12.5 Å². The summed E-state index contributed by atoms with van der Waals surface area (Å²) in [5.41, 5.74) is 1.63. The first-order valence-corrected chi connectivity index (χ1v) is 8.85. The fourth-order valence-electron chi connectivity index (χ4n) is 2.88. The van der Waals surface area contributed by atoms with Gasteiger partial charge in [0.25, 0.3) is 5.91 Å². The van der Waals surface area contributed by atoms with E-state index in [1.807, 2.05) is 13.8 Å². The van der Waals surface area contributed by atoms with E-state index >= 15 is 0 Å². The molecule has 0 aliphatic rings. The summed E-state index contributed by atoms with van der Waals surface area (Å²) >= 11 is 0. The van der Waals surface area contributed by atoms with Crippen LogP contribution in [0.25, 0.3) is 11.0 Å². The van der Waals surface area contributed by atoms with Gasteiger partial charge in [0.15, 0.2) is 5.65 Å². The number of esters is 1. The van der Waals surface area contributed by atoms with Crippen molar-refractivity contribution in [1.82, 2.24) is 20.1 Å². The zero-order valence-corrected chi connectivity index (χ0v) is 15.8. The molecule has 1 amide bonds. The second-order valence-corrected chi connectivity index (χ2v) is 6.68. The number of pyridine rings is 1. The molecule has 2 aromatic heterocycles. The predicted octanol–water partition coefficient (Wildman–Crippen LogP) is 3.19. The Balaban J connectivity index is 1.85. The molecule has 1 aromatic carbocycles. The van der Waals surface area contributed by atoms with Crippen molar-refractivity contribution >= 4 is 22.9 Å². The minimum atomic E-state index is -0.658. The van der Waals surface area contributed by atoms with E-state index in [0.717, 1.165) is 5.39 Å². The standard InChI is InChI=1S/C20H21FN4O3/c1-12(2)25-19-14(11-23-25)8-15(10-22-19)20(27)24-17(9-18(26)28-3)13-4-6-16(21)7-5-13/h4-8,10-12,17H,9H2,1-3H3,(H,24,27)/t17-/m0/s1. The van der Waals surface area contributed by atoms with Crippen LogP contribution in [0, 0.1) is 5.82 Å². The molecule has 0 saturated carbocycles. The molecule has 7 nitrogen and oxygen atoms in total. The van der Waals surface area contributed by atoms with E-state index in [1.54, 1.807) is 16.9 Å². The molecule has 3 rings (SSSR count). The fraction of sp³-hybridized carbons (Fsp3) is 0.300. The zero-order chi connectivity index (χ0) is 20.3. The number of hydrogen-bond acceptors (Lipinski definition) is 5. The van der Waals surface area contributed by atoms with Gasteiger partial charge < -0.3 is 10.1 Å². The van der Waals surface area contributed by atoms with Gasteiger partial charge in [-0.3, -0.25) is 9.59 Å². The third-order valence-electron chi connectivity index (χ3n) is 4.36. The van der Waals surface area contributed by atoms with E-state index in [2.05, 4.69) is 15.4 Å². The molecule has 1 N–H and O–H groups in total. The molecule has 28 heavy (non-hydrogen) atoms. The Morgan fingerprint density at radius 1 is 1.21 bits per heavy atom. The third-order valence-corrected chi connectivity index (χ3v) is 4.36. The quantitative estimate of drug-likeness (QED) is 0.660. The Hall–Kier alpha value is -3.29. The molecule has 1 atom stereocenters. The van der Waals surface area contributed by atoms with Crippen LogP contribution < -0.4 is 5.32 Å². The van der Waals surface area contributed by atoms with Gasteiger partial charge in [-0.25, -0.2) is 14.1 Å². The number of carbonyl (C=O) groups is 2. The number of benzene rings is 1. The lowest BCUT2D eigenvalue weighted by Crippen LogP contribution is -2.30. The van der Waals surface area contributed by atoms with Crippen molar-refractivity contribution in [2.24, 2.45) is 0 Å². The van der Waals surface area contributed by atoms with Crippen LogP contribution >= 0.6 is 0 Å². The molecule has 0 unspecified atom stereocenters. The number of nitrogens with zero attached hydrogens (tertiary/aromatic N) is 3. The molecular weight excluding hydrogens is 363 g/mol. The summed E-state index contributed by atoms with van der Waals surface area (Å²) in [5.74, 6) is -1.28. The summed E-state index contributed by atoms with van der Waals surface area (Å²) in [6.07, 6.45) is 3.05. The number of methoxy groups -OCH3 is 1. The Labute approximate surface area is 161 Å². The molecule has 0 bridgehead atoms. The van der Waals surface area contributed by atoms with Gasteiger partial charge in [0.05, 0.1) is 31.3 Å². The van der Waals surface area contributed by atoms with Crippen LogP contribution in [0.3, 0.4) is 0 Å². The fourth-order valence-corrected chi connectivity index (χ4v) is 2.88. The van der Waals surface area contributed by atoms with Gasteiger partial charge in [-0.1, -0.05) is 12.1 Å². The minimum Gasteiger partial charge on any atom is -0.469 e. The van der Waals surface area contributed by atoms with Crippen LogP contribution in [0.5, 0.6) is 0 Å². The number of halogens is 1. The number of aromatic nitrogens is 3. The Morgan fingerprint density at radius 2 is 1.93 bits per heavy atom. The monoisotopic (exact) mass is 384 g/mol. The highest BCUT2D eigenvalue weighted by Gasteiger charge is 2.21.